The van der Waals surface area contributed by atoms with Gasteiger partial charge in [-0.1, -0.05) is 98.5 Å². The zero-order chi connectivity index (χ0) is 42.3. The van der Waals surface area contributed by atoms with E-state index in [9.17, 15) is 0 Å². The molecule has 0 amide bonds. The lowest BCUT2D eigenvalue weighted by Gasteiger charge is -2.26. The zero-order valence-electron chi connectivity index (χ0n) is 34.8. The predicted molar refractivity (Wildman–Crippen MR) is 252 cm³/mol. The molecule has 5 heterocycles. The maximum atomic E-state index is 5.24. The van der Waals surface area contributed by atoms with Crippen molar-refractivity contribution in [3.8, 4) is 56.4 Å². The Morgan fingerprint density at radius 2 is 1.06 bits per heavy atom. The number of allylic oxidation sites excluding steroid dienone is 7. The van der Waals surface area contributed by atoms with Crippen molar-refractivity contribution in [1.29, 1.82) is 0 Å². The summed E-state index contributed by atoms with van der Waals surface area (Å²) in [5.41, 5.74) is 13.3. The van der Waals surface area contributed by atoms with Crippen LogP contribution < -0.4 is 0 Å². The molecule has 7 heteroatoms. The van der Waals surface area contributed by atoms with Crippen LogP contribution in [0.25, 0.3) is 73.1 Å². The van der Waals surface area contributed by atoms with E-state index in [4.69, 9.17) is 34.9 Å². The van der Waals surface area contributed by atoms with Crippen molar-refractivity contribution in [2.45, 2.75) is 32.6 Å². The highest BCUT2D eigenvalue weighted by molar-refractivity contribution is 5.82. The minimum Gasteiger partial charge on any atom is -0.257 e. The van der Waals surface area contributed by atoms with Crippen LogP contribution in [-0.4, -0.2) is 34.9 Å². The first-order valence-electron chi connectivity index (χ1n) is 21.0. The van der Waals surface area contributed by atoms with E-state index in [0.29, 0.717) is 17.5 Å². The van der Waals surface area contributed by atoms with Gasteiger partial charge in [0.2, 0.25) is 0 Å². The molecule has 0 saturated carbocycles. The Morgan fingerprint density at radius 3 is 1.66 bits per heavy atom. The second-order valence-electron chi connectivity index (χ2n) is 15.5. The van der Waals surface area contributed by atoms with Crippen molar-refractivity contribution in [3.05, 3.63) is 218 Å². The lowest BCUT2D eigenvalue weighted by Crippen LogP contribution is -2.12. The summed E-state index contributed by atoms with van der Waals surface area (Å²) in [5, 5.41) is 0. The molecule has 2 unspecified atom stereocenters. The predicted octanol–water partition coefficient (Wildman–Crippen LogP) is 13.1. The van der Waals surface area contributed by atoms with Crippen molar-refractivity contribution < 1.29 is 0 Å². The van der Waals surface area contributed by atoms with Gasteiger partial charge in [-0.25, -0.2) is 15.0 Å². The van der Waals surface area contributed by atoms with Gasteiger partial charge in [-0.3, -0.25) is 19.9 Å². The second-order valence-corrected chi connectivity index (χ2v) is 15.5. The van der Waals surface area contributed by atoms with Gasteiger partial charge in [-0.05, 0) is 132 Å². The normalized spacial score (nSPS) is 13.6. The molecular formula is C55H45N7. The molecule has 0 saturated heterocycles. The quantitative estimate of drug-likeness (QED) is 0.121. The molecule has 300 valence electrons. The Bertz CT molecular complexity index is 2870. The fraction of sp³-hybridized carbons (Fsp3) is 0.109. The van der Waals surface area contributed by atoms with E-state index in [1.807, 2.05) is 122 Å². The molecular weight excluding hydrogens is 759 g/mol. The van der Waals surface area contributed by atoms with Gasteiger partial charge in [0.1, 0.15) is 0 Å². The van der Waals surface area contributed by atoms with E-state index >= 15 is 0 Å². The van der Waals surface area contributed by atoms with E-state index < -0.39 is 0 Å². The van der Waals surface area contributed by atoms with Gasteiger partial charge in [-0.15, -0.1) is 0 Å². The Kier molecular flexibility index (Phi) is 11.7. The molecule has 0 radical (unpaired) electrons. The minimum absolute atomic E-state index is 0.0677. The van der Waals surface area contributed by atoms with Gasteiger partial charge >= 0.3 is 0 Å². The highest BCUT2D eigenvalue weighted by atomic mass is 15.0. The Hall–Kier alpha value is -7.77. The molecule has 9 rings (SSSR count). The first-order chi connectivity index (χ1) is 30.5. The fourth-order valence-corrected chi connectivity index (χ4v) is 7.91. The first-order valence-corrected chi connectivity index (χ1v) is 21.0. The highest BCUT2D eigenvalue weighted by Crippen LogP contribution is 2.41. The Balaban J connectivity index is 1.30. The molecule has 2 atom stereocenters. The van der Waals surface area contributed by atoms with Crippen LogP contribution in [0.1, 0.15) is 55.4 Å². The van der Waals surface area contributed by atoms with Gasteiger partial charge in [0.15, 0.2) is 17.5 Å². The number of pyridine rings is 4. The monoisotopic (exact) mass is 803 g/mol. The summed E-state index contributed by atoms with van der Waals surface area (Å²) < 4.78 is 0. The molecule has 0 bridgehead atoms. The number of rotatable bonds is 12. The smallest absolute Gasteiger partial charge is 0.164 e. The summed E-state index contributed by atoms with van der Waals surface area (Å²) in [6.07, 6.45) is 18.1. The summed E-state index contributed by atoms with van der Waals surface area (Å²) in [6, 6.07) is 47.4. The van der Waals surface area contributed by atoms with Crippen LogP contribution in [0.15, 0.2) is 195 Å². The van der Waals surface area contributed by atoms with Crippen LogP contribution in [0.4, 0.5) is 0 Å². The van der Waals surface area contributed by atoms with Crippen LogP contribution in [-0.2, 0) is 0 Å². The molecule has 0 aliphatic heterocycles. The summed E-state index contributed by atoms with van der Waals surface area (Å²) in [6.45, 7) is 9.00. The van der Waals surface area contributed by atoms with E-state index in [0.717, 1.165) is 91.3 Å². The third-order valence-electron chi connectivity index (χ3n) is 11.3. The van der Waals surface area contributed by atoms with Crippen molar-refractivity contribution in [2.75, 3.05) is 0 Å². The summed E-state index contributed by atoms with van der Waals surface area (Å²) in [5.74, 6) is 1.63. The molecule has 5 aromatic heterocycles. The molecule has 8 aromatic rings. The van der Waals surface area contributed by atoms with E-state index in [-0.39, 0.29) is 11.8 Å². The largest absolute Gasteiger partial charge is 0.257 e. The maximum absolute atomic E-state index is 5.24. The zero-order valence-corrected chi connectivity index (χ0v) is 34.8. The number of hydrogen-bond acceptors (Lipinski definition) is 7. The molecule has 0 fully saturated rings. The lowest BCUT2D eigenvalue weighted by atomic mass is 9.79. The maximum Gasteiger partial charge on any atom is 0.164 e. The second kappa shape index (κ2) is 18.2. The van der Waals surface area contributed by atoms with Crippen LogP contribution in [0.5, 0.6) is 0 Å². The molecule has 1 aliphatic rings. The van der Waals surface area contributed by atoms with E-state index in [1.165, 1.54) is 0 Å². The number of hydrogen-bond donors (Lipinski definition) is 0. The molecule has 1 aliphatic carbocycles. The topological polar surface area (TPSA) is 90.2 Å². The van der Waals surface area contributed by atoms with Crippen LogP contribution in [0, 0.1) is 5.92 Å². The molecule has 62 heavy (non-hydrogen) atoms. The van der Waals surface area contributed by atoms with E-state index in [2.05, 4.69) is 87.2 Å². The third-order valence-corrected chi connectivity index (χ3v) is 11.3. The fourth-order valence-electron chi connectivity index (χ4n) is 7.91. The van der Waals surface area contributed by atoms with Gasteiger partial charge in [0, 0.05) is 58.5 Å². The van der Waals surface area contributed by atoms with Crippen molar-refractivity contribution in [3.63, 3.8) is 0 Å². The number of benzene rings is 3. The average Bonchev–Trinajstić information content (AvgIpc) is 3.36. The molecule has 7 nitrogen and oxygen atoms in total. The van der Waals surface area contributed by atoms with Gasteiger partial charge < -0.3 is 0 Å². The SMILES string of the molecule is C=C(c1ccccn1)C(C)C(/C=C(\C)c1ccccn1)c1cc(-c2cc(-c3ccccn3)cc(-c3ccccn3)c2)cc(-c2nc(C3=CCCC=C3)nc(-c3ccccc3)n2)c1. The number of nitrogens with zero attached hydrogens (tertiary/aromatic N) is 7. The average molecular weight is 804 g/mol. The summed E-state index contributed by atoms with van der Waals surface area (Å²) in [7, 11) is 0. The summed E-state index contributed by atoms with van der Waals surface area (Å²) >= 11 is 0. The standard InChI is InChI=1S/C55H45N7/c1-37(49-22-10-14-26-56-49)30-48(38(2)39(3)50-23-11-15-27-57-50)44-31-42(43-32-45(51-24-12-16-28-58-51)36-46(33-43)52-25-13-17-29-59-52)34-47(35-44)55-61-53(40-18-6-4-7-19-40)60-54(62-55)41-20-8-5-9-21-41/h4,6-8,10-36,38,48H,3,5,9H2,1-2H3/b37-30+. The summed E-state index contributed by atoms with van der Waals surface area (Å²) in [4.78, 5) is 34.5. The number of aromatic nitrogens is 7. The highest BCUT2D eigenvalue weighted by Gasteiger charge is 2.25. The van der Waals surface area contributed by atoms with Crippen molar-refractivity contribution in [2.24, 2.45) is 5.92 Å². The van der Waals surface area contributed by atoms with Crippen LogP contribution >= 0.6 is 0 Å². The Morgan fingerprint density at radius 1 is 0.532 bits per heavy atom. The molecule has 3 aromatic carbocycles. The Labute approximate surface area is 363 Å². The van der Waals surface area contributed by atoms with E-state index in [1.54, 1.807) is 0 Å². The molecule has 0 spiro atoms. The van der Waals surface area contributed by atoms with Crippen molar-refractivity contribution >= 4 is 16.7 Å². The third kappa shape index (κ3) is 8.88. The van der Waals surface area contributed by atoms with Gasteiger partial charge in [0.05, 0.1) is 22.8 Å². The molecule has 0 N–H and O–H groups in total. The van der Waals surface area contributed by atoms with Crippen molar-refractivity contribution in [1.82, 2.24) is 34.9 Å². The van der Waals surface area contributed by atoms with Crippen LogP contribution in [0.2, 0.25) is 0 Å². The van der Waals surface area contributed by atoms with Gasteiger partial charge in [0.25, 0.3) is 0 Å². The van der Waals surface area contributed by atoms with Gasteiger partial charge in [-0.2, -0.15) is 0 Å². The first kappa shape index (κ1) is 39.7. The minimum atomic E-state index is -0.154. The lowest BCUT2D eigenvalue weighted by molar-refractivity contribution is 0.659. The van der Waals surface area contributed by atoms with Crippen LogP contribution in [0.3, 0.4) is 0 Å².